The van der Waals surface area contributed by atoms with Gasteiger partial charge in [0, 0.05) is 12.6 Å². The van der Waals surface area contributed by atoms with E-state index in [-0.39, 0.29) is 41.8 Å². The molecule has 7 heteroatoms. The van der Waals surface area contributed by atoms with Crippen molar-refractivity contribution in [3.63, 3.8) is 0 Å². The molecule has 0 radical (unpaired) electrons. The molecule has 0 heterocycles. The summed E-state index contributed by atoms with van der Waals surface area (Å²) in [5.41, 5.74) is 0.634. The molecule has 0 spiro atoms. The molecule has 0 aliphatic carbocycles. The molecular formula is C12H12NNaO4S. The third-order valence-corrected chi connectivity index (χ3v) is 3.28. The first-order valence-electron chi connectivity index (χ1n) is 5.15. The Hall–Kier alpha value is -0.920. The Morgan fingerprint density at radius 2 is 1.74 bits per heavy atom. The van der Waals surface area contributed by atoms with E-state index in [4.69, 9.17) is 4.55 Å². The molecule has 19 heavy (non-hydrogen) atoms. The van der Waals surface area contributed by atoms with E-state index in [1.165, 1.54) is 19.1 Å². The van der Waals surface area contributed by atoms with E-state index in [0.29, 0.717) is 11.1 Å². The summed E-state index contributed by atoms with van der Waals surface area (Å²) in [6.45, 7) is 1.41. The van der Waals surface area contributed by atoms with Crippen LogP contribution < -0.4 is 34.9 Å². The fourth-order valence-corrected chi connectivity index (χ4v) is 2.18. The Morgan fingerprint density at radius 1 is 1.16 bits per heavy atom. The van der Waals surface area contributed by atoms with Gasteiger partial charge in [-0.25, -0.2) is 0 Å². The van der Waals surface area contributed by atoms with Crippen LogP contribution in [0.15, 0.2) is 41.3 Å². The summed E-state index contributed by atoms with van der Waals surface area (Å²) >= 11 is 0. The van der Waals surface area contributed by atoms with Crippen LogP contribution in [0.5, 0.6) is 0 Å². The van der Waals surface area contributed by atoms with Gasteiger partial charge in [0.05, 0.1) is 4.90 Å². The monoisotopic (exact) mass is 289 g/mol. The second-order valence-corrected chi connectivity index (χ2v) is 5.30. The summed E-state index contributed by atoms with van der Waals surface area (Å²) in [5, 5.41) is 4.07. The molecule has 2 rings (SSSR count). The van der Waals surface area contributed by atoms with E-state index in [1.807, 2.05) is 0 Å². The van der Waals surface area contributed by atoms with Crippen molar-refractivity contribution >= 4 is 32.5 Å². The Bertz CT molecular complexity index is 733. The average Bonchev–Trinajstić information content (AvgIpc) is 2.26. The van der Waals surface area contributed by atoms with Crippen LogP contribution in [0.2, 0.25) is 0 Å². The van der Waals surface area contributed by atoms with Crippen LogP contribution in [0.3, 0.4) is 0 Å². The first-order chi connectivity index (χ1) is 8.36. The van der Waals surface area contributed by atoms with E-state index >= 15 is 0 Å². The molecule has 0 saturated carbocycles. The first kappa shape index (κ1) is 16.1. The van der Waals surface area contributed by atoms with E-state index < -0.39 is 10.1 Å². The number of fused-ring (bicyclic) bond motifs is 1. The zero-order valence-electron chi connectivity index (χ0n) is 11.5. The van der Waals surface area contributed by atoms with Crippen LogP contribution in [0, 0.1) is 0 Å². The van der Waals surface area contributed by atoms with Crippen molar-refractivity contribution in [2.24, 2.45) is 0 Å². The Kier molecular flexibility index (Phi) is 5.11. The van der Waals surface area contributed by atoms with Gasteiger partial charge in [0.1, 0.15) is 0 Å². The molecule has 0 atom stereocenters. The van der Waals surface area contributed by atoms with Gasteiger partial charge in [0.25, 0.3) is 10.1 Å². The maximum Gasteiger partial charge on any atom is 1.00 e. The number of nitrogens with one attached hydrogen (secondary N) is 1. The summed E-state index contributed by atoms with van der Waals surface area (Å²) in [7, 11) is -4.19. The van der Waals surface area contributed by atoms with Crippen molar-refractivity contribution in [1.29, 1.82) is 0 Å². The molecule has 2 N–H and O–H groups in total. The molecule has 96 valence electrons. The van der Waals surface area contributed by atoms with Crippen LogP contribution in [-0.2, 0) is 14.9 Å². The normalized spacial score (nSPS) is 10.8. The fourth-order valence-electron chi connectivity index (χ4n) is 1.67. The minimum atomic E-state index is -4.19. The predicted octanol–water partition coefficient (Wildman–Crippen LogP) is -0.839. The van der Waals surface area contributed by atoms with Gasteiger partial charge in [-0.3, -0.25) is 9.35 Å². The van der Waals surface area contributed by atoms with Crippen LogP contribution in [0.25, 0.3) is 10.8 Å². The Labute approximate surface area is 134 Å². The van der Waals surface area contributed by atoms with Crippen LogP contribution in [0.1, 0.15) is 8.35 Å². The van der Waals surface area contributed by atoms with E-state index in [9.17, 15) is 13.2 Å². The fraction of sp³-hybridized carbons (Fsp3) is 0.0833. The number of hydrogen-bond acceptors (Lipinski definition) is 3. The molecule has 1 amide bonds. The zero-order valence-corrected chi connectivity index (χ0v) is 13.4. The van der Waals surface area contributed by atoms with Gasteiger partial charge < -0.3 is 6.74 Å². The summed E-state index contributed by atoms with van der Waals surface area (Å²) in [4.78, 5) is 10.8. The Balaban J connectivity index is 0.00000180. The van der Waals surface area contributed by atoms with Crippen molar-refractivity contribution in [3.8, 4) is 0 Å². The van der Waals surface area contributed by atoms with Gasteiger partial charge in [-0.1, -0.05) is 12.1 Å². The second-order valence-electron chi connectivity index (χ2n) is 3.88. The molecule has 0 fully saturated rings. The van der Waals surface area contributed by atoms with Crippen LogP contribution >= 0.6 is 0 Å². The second kappa shape index (κ2) is 6.02. The molecular weight excluding hydrogens is 277 g/mol. The SMILES string of the molecule is CC(=O)Nc1ccc2cc(S(=O)(=O)O)ccc2c1.[H-].[Na+]. The van der Waals surface area contributed by atoms with Gasteiger partial charge >= 0.3 is 29.6 Å². The van der Waals surface area contributed by atoms with E-state index in [2.05, 4.69) is 5.32 Å². The maximum atomic E-state index is 11.0. The topological polar surface area (TPSA) is 83.5 Å². The standard InChI is InChI=1S/C12H11NO4S.Na.H/c1-8(14)13-11-4-2-10-7-12(18(15,16)17)5-3-9(10)6-11;;/h2-7H,1H3,(H,13,14)(H,15,16,17);;/q;+1;-1. The van der Waals surface area contributed by atoms with Crippen molar-refractivity contribution in [2.45, 2.75) is 11.8 Å². The molecule has 0 bridgehead atoms. The summed E-state index contributed by atoms with van der Waals surface area (Å²) in [5.74, 6) is -0.177. The number of amides is 1. The third-order valence-electron chi connectivity index (χ3n) is 2.43. The third kappa shape index (κ3) is 4.02. The summed E-state index contributed by atoms with van der Waals surface area (Å²) in [6.07, 6.45) is 0. The zero-order chi connectivity index (χ0) is 13.3. The van der Waals surface area contributed by atoms with Crippen molar-refractivity contribution in [3.05, 3.63) is 36.4 Å². The van der Waals surface area contributed by atoms with Crippen molar-refractivity contribution in [1.82, 2.24) is 0 Å². The van der Waals surface area contributed by atoms with Crippen molar-refractivity contribution in [2.75, 3.05) is 5.32 Å². The van der Waals surface area contributed by atoms with E-state index in [0.717, 1.165) is 5.39 Å². The molecule has 0 saturated heterocycles. The number of anilines is 1. The minimum absolute atomic E-state index is 0. The van der Waals surface area contributed by atoms with Crippen LogP contribution in [-0.4, -0.2) is 18.9 Å². The van der Waals surface area contributed by atoms with Crippen molar-refractivity contribution < 1.29 is 48.7 Å². The quantitative estimate of drug-likeness (QED) is 0.558. The van der Waals surface area contributed by atoms with Gasteiger partial charge in [-0.05, 0) is 35.0 Å². The van der Waals surface area contributed by atoms with E-state index in [1.54, 1.807) is 24.3 Å². The predicted molar refractivity (Wildman–Crippen MR) is 69.2 cm³/mol. The molecule has 5 nitrogen and oxygen atoms in total. The number of carbonyl (C=O) groups excluding carboxylic acids is 1. The average molecular weight is 289 g/mol. The number of benzene rings is 2. The van der Waals surface area contributed by atoms with Crippen LogP contribution in [0.4, 0.5) is 5.69 Å². The molecule has 0 aliphatic heterocycles. The number of carbonyl (C=O) groups is 1. The molecule has 2 aromatic rings. The largest absolute Gasteiger partial charge is 1.00 e. The van der Waals surface area contributed by atoms with Gasteiger partial charge in [0.2, 0.25) is 5.91 Å². The molecule has 0 aromatic heterocycles. The first-order valence-corrected chi connectivity index (χ1v) is 6.59. The summed E-state index contributed by atoms with van der Waals surface area (Å²) in [6, 6.07) is 9.33. The van der Waals surface area contributed by atoms with Gasteiger partial charge in [0.15, 0.2) is 0 Å². The summed E-state index contributed by atoms with van der Waals surface area (Å²) < 4.78 is 30.9. The maximum absolute atomic E-state index is 11.0. The Morgan fingerprint density at radius 3 is 2.32 bits per heavy atom. The van der Waals surface area contributed by atoms with Gasteiger partial charge in [-0.2, -0.15) is 8.42 Å². The molecule has 0 unspecified atom stereocenters. The number of rotatable bonds is 2. The van der Waals surface area contributed by atoms with Gasteiger partial charge in [-0.15, -0.1) is 0 Å². The minimum Gasteiger partial charge on any atom is -1.00 e. The number of hydrogen-bond donors (Lipinski definition) is 2. The molecule has 2 aromatic carbocycles. The molecule has 0 aliphatic rings. The smallest absolute Gasteiger partial charge is 1.00 e.